The van der Waals surface area contributed by atoms with E-state index in [0.29, 0.717) is 24.9 Å². The number of aromatic nitrogens is 3. The van der Waals surface area contributed by atoms with Gasteiger partial charge in [-0.15, -0.1) is 0 Å². The highest BCUT2D eigenvalue weighted by Gasteiger charge is 2.13. The summed E-state index contributed by atoms with van der Waals surface area (Å²) in [4.78, 5) is 25.5. The predicted octanol–water partition coefficient (Wildman–Crippen LogP) is 1.31. The lowest BCUT2D eigenvalue weighted by Gasteiger charge is -2.20. The molecule has 0 aliphatic rings. The van der Waals surface area contributed by atoms with Gasteiger partial charge in [-0.1, -0.05) is 0 Å². The first-order valence-corrected chi connectivity index (χ1v) is 6.69. The third-order valence-electron chi connectivity index (χ3n) is 2.15. The van der Waals surface area contributed by atoms with Crippen molar-refractivity contribution >= 4 is 29.4 Å². The molecule has 0 radical (unpaired) electrons. The van der Waals surface area contributed by atoms with Crippen LogP contribution in [0.15, 0.2) is 0 Å². The Morgan fingerprint density at radius 3 is 2.45 bits per heavy atom. The van der Waals surface area contributed by atoms with Gasteiger partial charge in [-0.05, 0) is 32.4 Å². The number of amides is 1. The monoisotopic (exact) mass is 300 g/mol. The standard InChI is InChI=1S/C12H21ClN6O/c1-12(2,3)18-8(20)6-7-14-10-15-9(13)16-11(17-10)19(4)5/h6-7H2,1-5H3,(H,18,20)(H,14,15,16,17). The van der Waals surface area contributed by atoms with Crippen LogP contribution in [0.3, 0.4) is 0 Å². The van der Waals surface area contributed by atoms with Gasteiger partial charge in [-0.3, -0.25) is 4.79 Å². The Labute approximate surface area is 124 Å². The van der Waals surface area contributed by atoms with Crippen LogP contribution in [-0.2, 0) is 4.79 Å². The number of nitrogens with one attached hydrogen (secondary N) is 2. The zero-order valence-corrected chi connectivity index (χ0v) is 13.2. The molecule has 0 saturated carbocycles. The Kier molecular flexibility index (Phi) is 5.50. The SMILES string of the molecule is CN(C)c1nc(Cl)nc(NCCC(=O)NC(C)(C)C)n1. The Balaban J connectivity index is 2.52. The molecule has 1 amide bonds. The van der Waals surface area contributed by atoms with Gasteiger partial charge in [0.25, 0.3) is 0 Å². The summed E-state index contributed by atoms with van der Waals surface area (Å²) in [7, 11) is 3.62. The molecular formula is C12H21ClN6O. The van der Waals surface area contributed by atoms with Gasteiger partial charge in [0.15, 0.2) is 0 Å². The van der Waals surface area contributed by atoms with Crippen LogP contribution in [0.2, 0.25) is 5.28 Å². The molecule has 1 heterocycles. The smallest absolute Gasteiger partial charge is 0.230 e. The van der Waals surface area contributed by atoms with Crippen LogP contribution >= 0.6 is 11.6 Å². The predicted molar refractivity (Wildman–Crippen MR) is 80.2 cm³/mol. The van der Waals surface area contributed by atoms with Crippen molar-refractivity contribution < 1.29 is 4.79 Å². The van der Waals surface area contributed by atoms with Gasteiger partial charge >= 0.3 is 0 Å². The van der Waals surface area contributed by atoms with Crippen molar-refractivity contribution in [2.45, 2.75) is 32.7 Å². The molecule has 1 aromatic rings. The minimum atomic E-state index is -0.231. The average Bonchev–Trinajstić information content (AvgIpc) is 2.25. The molecule has 7 nitrogen and oxygen atoms in total. The summed E-state index contributed by atoms with van der Waals surface area (Å²) in [6, 6.07) is 0. The summed E-state index contributed by atoms with van der Waals surface area (Å²) in [5, 5.41) is 5.96. The maximum Gasteiger partial charge on any atom is 0.230 e. The summed E-state index contributed by atoms with van der Waals surface area (Å²) in [6.07, 6.45) is 0.331. The third-order valence-corrected chi connectivity index (χ3v) is 2.31. The van der Waals surface area contributed by atoms with E-state index in [1.54, 1.807) is 4.90 Å². The molecule has 0 spiro atoms. The number of carbonyl (C=O) groups excluding carboxylic acids is 1. The molecule has 0 saturated heterocycles. The molecule has 0 unspecified atom stereocenters. The van der Waals surface area contributed by atoms with Gasteiger partial charge in [0.05, 0.1) is 0 Å². The van der Waals surface area contributed by atoms with Gasteiger partial charge in [0.1, 0.15) is 0 Å². The largest absolute Gasteiger partial charge is 0.354 e. The minimum Gasteiger partial charge on any atom is -0.354 e. The second-order valence-electron chi connectivity index (χ2n) is 5.60. The first kappa shape index (κ1) is 16.4. The highest BCUT2D eigenvalue weighted by Crippen LogP contribution is 2.11. The van der Waals surface area contributed by atoms with E-state index in [0.717, 1.165) is 0 Å². The summed E-state index contributed by atoms with van der Waals surface area (Å²) in [6.45, 7) is 6.24. The Bertz CT molecular complexity index is 472. The molecular weight excluding hydrogens is 280 g/mol. The van der Waals surface area contributed by atoms with Crippen LogP contribution in [0.5, 0.6) is 0 Å². The number of carbonyl (C=O) groups is 1. The fourth-order valence-corrected chi connectivity index (χ4v) is 1.54. The quantitative estimate of drug-likeness (QED) is 0.853. The van der Waals surface area contributed by atoms with E-state index in [1.807, 2.05) is 34.9 Å². The van der Waals surface area contributed by atoms with E-state index >= 15 is 0 Å². The minimum absolute atomic E-state index is 0.0296. The lowest BCUT2D eigenvalue weighted by Crippen LogP contribution is -2.41. The van der Waals surface area contributed by atoms with Crippen LogP contribution in [0.4, 0.5) is 11.9 Å². The summed E-state index contributed by atoms with van der Waals surface area (Å²) in [5.41, 5.74) is -0.231. The first-order valence-electron chi connectivity index (χ1n) is 6.31. The lowest BCUT2D eigenvalue weighted by atomic mass is 10.1. The van der Waals surface area contributed by atoms with Crippen molar-refractivity contribution in [3.8, 4) is 0 Å². The van der Waals surface area contributed by atoms with Crippen LogP contribution in [0, 0.1) is 0 Å². The molecule has 1 aromatic heterocycles. The van der Waals surface area contributed by atoms with E-state index in [2.05, 4.69) is 25.6 Å². The molecule has 20 heavy (non-hydrogen) atoms. The second kappa shape index (κ2) is 6.69. The van der Waals surface area contributed by atoms with Gasteiger partial charge in [0, 0.05) is 32.6 Å². The lowest BCUT2D eigenvalue weighted by molar-refractivity contribution is -0.122. The molecule has 8 heteroatoms. The molecule has 0 bridgehead atoms. The topological polar surface area (TPSA) is 83.0 Å². The molecule has 0 aliphatic heterocycles. The fourth-order valence-electron chi connectivity index (χ4n) is 1.39. The summed E-state index contributed by atoms with van der Waals surface area (Å²) in [5.74, 6) is 0.793. The highest BCUT2D eigenvalue weighted by molar-refractivity contribution is 6.28. The number of halogens is 1. The van der Waals surface area contributed by atoms with E-state index < -0.39 is 0 Å². The first-order chi connectivity index (χ1) is 9.17. The maximum absolute atomic E-state index is 11.7. The molecule has 1 rings (SSSR count). The van der Waals surface area contributed by atoms with Crippen molar-refractivity contribution in [3.05, 3.63) is 5.28 Å². The Morgan fingerprint density at radius 2 is 1.90 bits per heavy atom. The van der Waals surface area contributed by atoms with Crippen molar-refractivity contribution in [2.24, 2.45) is 0 Å². The highest BCUT2D eigenvalue weighted by atomic mass is 35.5. The van der Waals surface area contributed by atoms with Crippen molar-refractivity contribution in [3.63, 3.8) is 0 Å². The van der Waals surface area contributed by atoms with Crippen molar-refractivity contribution in [2.75, 3.05) is 30.9 Å². The number of nitrogens with zero attached hydrogens (tertiary/aromatic N) is 4. The molecule has 0 aromatic carbocycles. The Morgan fingerprint density at radius 1 is 1.25 bits per heavy atom. The molecule has 0 fully saturated rings. The van der Waals surface area contributed by atoms with E-state index in [-0.39, 0.29) is 16.7 Å². The maximum atomic E-state index is 11.7. The van der Waals surface area contributed by atoms with Gasteiger partial charge in [0.2, 0.25) is 23.1 Å². The summed E-state index contributed by atoms with van der Waals surface area (Å²) >= 11 is 5.81. The van der Waals surface area contributed by atoms with Gasteiger partial charge < -0.3 is 15.5 Å². The van der Waals surface area contributed by atoms with E-state index in [9.17, 15) is 4.79 Å². The normalized spacial score (nSPS) is 11.1. The zero-order chi connectivity index (χ0) is 15.3. The zero-order valence-electron chi connectivity index (χ0n) is 12.5. The number of anilines is 2. The third kappa shape index (κ3) is 6.01. The number of hydrogen-bond donors (Lipinski definition) is 2. The summed E-state index contributed by atoms with van der Waals surface area (Å²) < 4.78 is 0. The van der Waals surface area contributed by atoms with Crippen LogP contribution < -0.4 is 15.5 Å². The number of hydrogen-bond acceptors (Lipinski definition) is 6. The van der Waals surface area contributed by atoms with Gasteiger partial charge in [-0.25, -0.2) is 0 Å². The van der Waals surface area contributed by atoms with Crippen LogP contribution in [-0.4, -0.2) is 47.0 Å². The van der Waals surface area contributed by atoms with Gasteiger partial charge in [-0.2, -0.15) is 15.0 Å². The Hall–Kier alpha value is -1.63. The molecule has 0 aliphatic carbocycles. The average molecular weight is 301 g/mol. The number of rotatable bonds is 5. The van der Waals surface area contributed by atoms with Crippen LogP contribution in [0.1, 0.15) is 27.2 Å². The van der Waals surface area contributed by atoms with Crippen LogP contribution in [0.25, 0.3) is 0 Å². The van der Waals surface area contributed by atoms with E-state index in [1.165, 1.54) is 0 Å². The van der Waals surface area contributed by atoms with Crippen molar-refractivity contribution in [1.29, 1.82) is 0 Å². The molecule has 2 N–H and O–H groups in total. The molecule has 112 valence electrons. The molecule has 0 atom stereocenters. The fraction of sp³-hybridized carbons (Fsp3) is 0.667. The van der Waals surface area contributed by atoms with Crippen molar-refractivity contribution in [1.82, 2.24) is 20.3 Å². The second-order valence-corrected chi connectivity index (χ2v) is 5.94. The van der Waals surface area contributed by atoms with E-state index in [4.69, 9.17) is 11.6 Å².